The first-order valence-corrected chi connectivity index (χ1v) is 11.7. The Bertz CT molecular complexity index is 1090. The van der Waals surface area contributed by atoms with Crippen LogP contribution in [0.1, 0.15) is 29.9 Å². The molecule has 5 atom stereocenters. The van der Waals surface area contributed by atoms with Crippen molar-refractivity contribution in [1.29, 1.82) is 0 Å². The van der Waals surface area contributed by atoms with Gasteiger partial charge in [0.2, 0.25) is 17.7 Å². The molecule has 1 heterocycles. The molecule has 2 bridgehead atoms. The number of imide groups is 1. The number of fused-ring (bicyclic) bond motifs is 5. The van der Waals surface area contributed by atoms with Gasteiger partial charge < -0.3 is 5.32 Å². The minimum Gasteiger partial charge on any atom is -0.324 e. The smallest absolute Gasteiger partial charge is 0.244 e. The van der Waals surface area contributed by atoms with E-state index in [0.717, 1.165) is 22.9 Å². The summed E-state index contributed by atoms with van der Waals surface area (Å²) in [4.78, 5) is 40.2. The first-order valence-electron chi connectivity index (χ1n) is 10.5. The zero-order chi connectivity index (χ0) is 21.9. The lowest BCUT2D eigenvalue weighted by Gasteiger charge is -2.28. The molecular formula is C24H22BrClN2O3. The van der Waals surface area contributed by atoms with Gasteiger partial charge in [0, 0.05) is 10.2 Å². The Labute approximate surface area is 194 Å². The molecule has 2 aliphatic carbocycles. The number of nitrogens with one attached hydrogen (secondary N) is 1. The summed E-state index contributed by atoms with van der Waals surface area (Å²) in [7, 11) is 0. The molecule has 0 aromatic heterocycles. The Morgan fingerprint density at radius 3 is 2.55 bits per heavy atom. The van der Waals surface area contributed by atoms with Crippen LogP contribution in [-0.4, -0.2) is 29.2 Å². The van der Waals surface area contributed by atoms with Crippen LogP contribution >= 0.6 is 27.5 Å². The van der Waals surface area contributed by atoms with E-state index in [4.69, 9.17) is 11.6 Å². The van der Waals surface area contributed by atoms with Gasteiger partial charge in [-0.05, 0) is 76.7 Å². The first-order chi connectivity index (χ1) is 14.9. The highest BCUT2D eigenvalue weighted by atomic mass is 79.9. The maximum atomic E-state index is 13.2. The van der Waals surface area contributed by atoms with Gasteiger partial charge in [0.25, 0.3) is 0 Å². The number of hydrogen-bond acceptors (Lipinski definition) is 3. The van der Waals surface area contributed by atoms with Crippen molar-refractivity contribution in [3.63, 3.8) is 0 Å². The lowest BCUT2D eigenvalue weighted by Crippen LogP contribution is -2.39. The normalized spacial score (nSPS) is 28.9. The van der Waals surface area contributed by atoms with Crippen LogP contribution in [0.4, 0.5) is 5.69 Å². The quantitative estimate of drug-likeness (QED) is 0.614. The van der Waals surface area contributed by atoms with Crippen LogP contribution in [0.3, 0.4) is 0 Å². The Hall–Kier alpha value is -2.18. The van der Waals surface area contributed by atoms with E-state index in [-0.39, 0.29) is 42.0 Å². The fourth-order valence-corrected chi connectivity index (χ4v) is 6.48. The summed E-state index contributed by atoms with van der Waals surface area (Å²) in [6, 6.07) is 13.8. The third-order valence-electron chi connectivity index (χ3n) is 7.25. The van der Waals surface area contributed by atoms with Gasteiger partial charge >= 0.3 is 0 Å². The van der Waals surface area contributed by atoms with Gasteiger partial charge in [-0.3, -0.25) is 19.3 Å². The number of halogens is 2. The molecule has 7 heteroatoms. The van der Waals surface area contributed by atoms with Gasteiger partial charge in [-0.15, -0.1) is 0 Å². The average Bonchev–Trinajstić information content (AvgIpc) is 3.43. The minimum absolute atomic E-state index is 0.175. The summed E-state index contributed by atoms with van der Waals surface area (Å²) >= 11 is 9.59. The monoisotopic (exact) mass is 500 g/mol. The molecule has 1 N–H and O–H groups in total. The number of hydrogen-bond donors (Lipinski definition) is 1. The van der Waals surface area contributed by atoms with Gasteiger partial charge in [0.15, 0.2) is 0 Å². The number of likely N-dealkylation sites (tertiary alicyclic amines) is 1. The van der Waals surface area contributed by atoms with Crippen LogP contribution in [0.25, 0.3) is 0 Å². The van der Waals surface area contributed by atoms with Crippen molar-refractivity contribution in [3.05, 3.63) is 63.1 Å². The van der Waals surface area contributed by atoms with Crippen molar-refractivity contribution < 1.29 is 14.4 Å². The van der Waals surface area contributed by atoms with E-state index in [1.54, 1.807) is 19.1 Å². The van der Waals surface area contributed by atoms with Crippen molar-refractivity contribution >= 4 is 50.9 Å². The minimum atomic E-state index is -0.393. The molecule has 1 aliphatic heterocycles. The number of carbonyl (C=O) groups excluding carboxylic acids is 3. The first kappa shape index (κ1) is 20.7. The van der Waals surface area contributed by atoms with Crippen LogP contribution in [0.5, 0.6) is 0 Å². The van der Waals surface area contributed by atoms with Crippen LogP contribution in [0.15, 0.2) is 46.9 Å². The maximum Gasteiger partial charge on any atom is 0.244 e. The molecule has 5 nitrogen and oxygen atoms in total. The molecule has 0 radical (unpaired) electrons. The highest BCUT2D eigenvalue weighted by Crippen LogP contribution is 2.61. The molecule has 0 spiro atoms. The van der Waals surface area contributed by atoms with Crippen molar-refractivity contribution in [2.75, 3.05) is 11.9 Å². The summed E-state index contributed by atoms with van der Waals surface area (Å²) < 4.78 is 0.742. The maximum absolute atomic E-state index is 13.2. The van der Waals surface area contributed by atoms with Crippen molar-refractivity contribution in [2.45, 2.75) is 25.7 Å². The van der Waals surface area contributed by atoms with Gasteiger partial charge in [-0.25, -0.2) is 0 Å². The topological polar surface area (TPSA) is 66.5 Å². The Kier molecular flexibility index (Phi) is 5.18. The molecule has 3 amide bonds. The second-order valence-corrected chi connectivity index (χ2v) is 10.0. The molecule has 2 aromatic rings. The summed E-state index contributed by atoms with van der Waals surface area (Å²) in [6.07, 6.45) is 1.86. The van der Waals surface area contributed by atoms with Crippen molar-refractivity contribution in [2.24, 2.45) is 23.7 Å². The fourth-order valence-electron chi connectivity index (χ4n) is 5.88. The van der Waals surface area contributed by atoms with Crippen LogP contribution in [0.2, 0.25) is 5.02 Å². The van der Waals surface area contributed by atoms with E-state index in [1.165, 1.54) is 10.5 Å². The van der Waals surface area contributed by atoms with Gasteiger partial charge in [0.1, 0.15) is 6.54 Å². The molecule has 0 unspecified atom stereocenters. The molecular weight excluding hydrogens is 480 g/mol. The zero-order valence-corrected chi connectivity index (χ0v) is 19.3. The van der Waals surface area contributed by atoms with E-state index < -0.39 is 5.91 Å². The molecule has 31 heavy (non-hydrogen) atoms. The molecule has 1 saturated heterocycles. The Morgan fingerprint density at radius 2 is 1.81 bits per heavy atom. The van der Waals surface area contributed by atoms with Gasteiger partial charge in [-0.1, -0.05) is 41.9 Å². The highest BCUT2D eigenvalue weighted by molar-refractivity contribution is 9.10. The predicted molar refractivity (Wildman–Crippen MR) is 122 cm³/mol. The standard InChI is InChI=1S/C24H22BrClN2O3/c1-12-18(8-7-17(25)22(12)26)27-19(29)11-28-23(30)20-14-9-15(13-5-3-2-4-6-13)16(10-14)21(20)24(28)31/h2-8,14-16,20-21H,9-11H2,1H3,(H,27,29)/t14-,15-,16+,20+,21+/m0/s1. The molecule has 2 saturated carbocycles. The molecule has 3 fully saturated rings. The number of carbonyl (C=O) groups is 3. The highest BCUT2D eigenvalue weighted by Gasteiger charge is 2.63. The fraction of sp³-hybridized carbons (Fsp3) is 0.375. The molecule has 2 aromatic carbocycles. The van der Waals surface area contributed by atoms with E-state index in [0.29, 0.717) is 16.6 Å². The largest absolute Gasteiger partial charge is 0.324 e. The Balaban J connectivity index is 1.32. The van der Waals surface area contributed by atoms with Crippen molar-refractivity contribution in [3.8, 4) is 0 Å². The van der Waals surface area contributed by atoms with E-state index in [9.17, 15) is 14.4 Å². The second kappa shape index (κ2) is 7.75. The summed E-state index contributed by atoms with van der Waals surface area (Å²) in [5.74, 6) is -0.631. The van der Waals surface area contributed by atoms with Gasteiger partial charge in [0.05, 0.1) is 16.9 Å². The van der Waals surface area contributed by atoms with Crippen LogP contribution in [0, 0.1) is 30.6 Å². The van der Waals surface area contributed by atoms with E-state index in [2.05, 4.69) is 33.4 Å². The summed E-state index contributed by atoms with van der Waals surface area (Å²) in [5.41, 5.74) is 2.54. The van der Waals surface area contributed by atoms with Crippen LogP contribution in [-0.2, 0) is 14.4 Å². The number of rotatable bonds is 4. The Morgan fingerprint density at radius 1 is 1.10 bits per heavy atom. The van der Waals surface area contributed by atoms with E-state index >= 15 is 0 Å². The lowest BCUT2D eigenvalue weighted by atomic mass is 9.73. The van der Waals surface area contributed by atoms with Crippen LogP contribution < -0.4 is 5.32 Å². The van der Waals surface area contributed by atoms with Crippen molar-refractivity contribution in [1.82, 2.24) is 4.90 Å². The molecule has 3 aliphatic rings. The SMILES string of the molecule is Cc1c(NC(=O)CN2C(=O)[C@@H]3[C@@H]4C[C@@H]([C@H]3C2=O)[C@H](c2ccccc2)C4)ccc(Br)c1Cl. The lowest BCUT2D eigenvalue weighted by molar-refractivity contribution is -0.143. The summed E-state index contributed by atoms with van der Waals surface area (Å²) in [5, 5.41) is 3.31. The second-order valence-electron chi connectivity index (χ2n) is 8.81. The molecule has 5 rings (SSSR count). The van der Waals surface area contributed by atoms with Gasteiger partial charge in [-0.2, -0.15) is 0 Å². The number of anilines is 1. The number of amides is 3. The number of benzene rings is 2. The average molecular weight is 502 g/mol. The zero-order valence-electron chi connectivity index (χ0n) is 17.0. The number of nitrogens with zero attached hydrogens (tertiary/aromatic N) is 1. The third kappa shape index (κ3) is 3.31. The predicted octanol–water partition coefficient (Wildman–Crippen LogP) is 4.77. The van der Waals surface area contributed by atoms with E-state index in [1.807, 2.05) is 18.2 Å². The molecule has 160 valence electrons. The summed E-state index contributed by atoms with van der Waals surface area (Å²) in [6.45, 7) is 1.55. The third-order valence-corrected chi connectivity index (χ3v) is 8.63.